The molecule has 0 bridgehead atoms. The van der Waals surface area contributed by atoms with Crippen LogP contribution in [0.3, 0.4) is 0 Å². The number of carbonyl (C=O) groups is 1. The fraction of sp³-hybridized carbons (Fsp3) is 0.100. The fourth-order valence-corrected chi connectivity index (χ4v) is 2.35. The van der Waals surface area contributed by atoms with E-state index in [1.165, 1.54) is 0 Å². The molecule has 1 amide bonds. The van der Waals surface area contributed by atoms with Crippen molar-refractivity contribution in [2.75, 3.05) is 12.4 Å². The van der Waals surface area contributed by atoms with Crippen molar-refractivity contribution >= 4 is 17.3 Å². The molecule has 25 heavy (non-hydrogen) atoms. The summed E-state index contributed by atoms with van der Waals surface area (Å²) in [6.45, 7) is 0.444. The Balaban J connectivity index is 1.62. The maximum atomic E-state index is 12.3. The van der Waals surface area contributed by atoms with E-state index >= 15 is 0 Å². The van der Waals surface area contributed by atoms with Crippen molar-refractivity contribution in [3.8, 4) is 5.75 Å². The molecule has 0 aliphatic rings. The maximum Gasteiger partial charge on any atom is 0.253 e. The van der Waals surface area contributed by atoms with Crippen LogP contribution in [-0.4, -0.2) is 18.0 Å². The lowest BCUT2D eigenvalue weighted by molar-refractivity contribution is 0.0950. The minimum absolute atomic E-state index is 0.167. The number of amides is 1. The van der Waals surface area contributed by atoms with Crippen LogP contribution in [0.4, 0.5) is 11.4 Å². The molecule has 0 radical (unpaired) electrons. The lowest BCUT2D eigenvalue weighted by Gasteiger charge is -2.09. The number of carbonyl (C=O) groups excluding carboxylic acids is 1. The van der Waals surface area contributed by atoms with E-state index in [9.17, 15) is 4.79 Å². The zero-order valence-electron chi connectivity index (χ0n) is 13.9. The number of benzene rings is 2. The molecule has 3 aromatic rings. The van der Waals surface area contributed by atoms with Crippen LogP contribution >= 0.6 is 0 Å². The van der Waals surface area contributed by atoms with Crippen LogP contribution in [-0.2, 0) is 6.54 Å². The van der Waals surface area contributed by atoms with E-state index in [1.54, 1.807) is 25.6 Å². The van der Waals surface area contributed by atoms with Gasteiger partial charge < -0.3 is 15.4 Å². The largest absolute Gasteiger partial charge is 0.497 e. The zero-order chi connectivity index (χ0) is 17.5. The molecular formula is C20H19N3O2. The molecule has 0 unspecified atom stereocenters. The molecule has 5 heteroatoms. The molecule has 0 aliphatic heterocycles. The van der Waals surface area contributed by atoms with E-state index in [4.69, 9.17) is 4.74 Å². The highest BCUT2D eigenvalue weighted by Gasteiger charge is 2.07. The van der Waals surface area contributed by atoms with Gasteiger partial charge in [-0.1, -0.05) is 30.3 Å². The van der Waals surface area contributed by atoms with Gasteiger partial charge in [-0.15, -0.1) is 0 Å². The molecule has 0 fully saturated rings. The first-order valence-corrected chi connectivity index (χ1v) is 7.93. The van der Waals surface area contributed by atoms with Crippen molar-refractivity contribution in [1.82, 2.24) is 10.3 Å². The van der Waals surface area contributed by atoms with E-state index < -0.39 is 0 Å². The lowest BCUT2D eigenvalue weighted by Crippen LogP contribution is -2.23. The van der Waals surface area contributed by atoms with Gasteiger partial charge in [0, 0.05) is 18.4 Å². The quantitative estimate of drug-likeness (QED) is 0.721. The van der Waals surface area contributed by atoms with E-state index in [-0.39, 0.29) is 5.91 Å². The number of methoxy groups -OCH3 is 1. The highest BCUT2D eigenvalue weighted by Crippen LogP contribution is 2.16. The second kappa shape index (κ2) is 7.97. The van der Waals surface area contributed by atoms with E-state index in [2.05, 4.69) is 15.6 Å². The van der Waals surface area contributed by atoms with Gasteiger partial charge in [0.25, 0.3) is 5.91 Å². The zero-order valence-corrected chi connectivity index (χ0v) is 13.9. The number of nitrogens with zero attached hydrogens (tertiary/aromatic N) is 1. The Morgan fingerprint density at radius 1 is 1.00 bits per heavy atom. The summed E-state index contributed by atoms with van der Waals surface area (Å²) >= 11 is 0. The summed E-state index contributed by atoms with van der Waals surface area (Å²) in [5.74, 6) is 0.624. The second-order valence-corrected chi connectivity index (χ2v) is 5.48. The summed E-state index contributed by atoms with van der Waals surface area (Å²) in [5.41, 5.74) is 3.22. The average molecular weight is 333 g/mol. The number of anilines is 2. The molecule has 1 heterocycles. The minimum Gasteiger partial charge on any atom is -0.497 e. The Labute approximate surface area is 146 Å². The van der Waals surface area contributed by atoms with Gasteiger partial charge in [0.2, 0.25) is 0 Å². The highest BCUT2D eigenvalue weighted by molar-refractivity contribution is 5.94. The Kier molecular flexibility index (Phi) is 5.26. The van der Waals surface area contributed by atoms with Crippen LogP contribution < -0.4 is 15.4 Å². The average Bonchev–Trinajstić information content (AvgIpc) is 2.67. The van der Waals surface area contributed by atoms with Gasteiger partial charge in [-0.05, 0) is 35.9 Å². The minimum atomic E-state index is -0.167. The molecule has 1 aromatic heterocycles. The fourth-order valence-electron chi connectivity index (χ4n) is 2.35. The van der Waals surface area contributed by atoms with Crippen LogP contribution in [0.5, 0.6) is 5.75 Å². The number of ether oxygens (including phenoxy) is 1. The monoisotopic (exact) mass is 333 g/mol. The molecule has 0 aliphatic carbocycles. The number of hydrogen-bond acceptors (Lipinski definition) is 4. The molecule has 0 atom stereocenters. The van der Waals surface area contributed by atoms with Crippen molar-refractivity contribution in [3.63, 3.8) is 0 Å². The molecule has 2 N–H and O–H groups in total. The molecule has 126 valence electrons. The molecule has 5 nitrogen and oxygen atoms in total. The van der Waals surface area contributed by atoms with Crippen molar-refractivity contribution in [3.05, 3.63) is 84.2 Å². The number of para-hydroxylation sites is 1. The van der Waals surface area contributed by atoms with Crippen LogP contribution in [0.15, 0.2) is 73.1 Å². The van der Waals surface area contributed by atoms with Gasteiger partial charge in [0.1, 0.15) is 5.75 Å². The van der Waals surface area contributed by atoms with Crippen LogP contribution in [0, 0.1) is 0 Å². The third kappa shape index (κ3) is 4.57. The molecular weight excluding hydrogens is 314 g/mol. The normalized spacial score (nSPS) is 10.1. The van der Waals surface area contributed by atoms with Gasteiger partial charge in [-0.3, -0.25) is 9.78 Å². The Morgan fingerprint density at radius 2 is 1.76 bits per heavy atom. The van der Waals surface area contributed by atoms with Crippen molar-refractivity contribution in [1.29, 1.82) is 0 Å². The molecule has 2 aromatic carbocycles. The van der Waals surface area contributed by atoms with E-state index in [0.29, 0.717) is 12.1 Å². The molecule has 3 rings (SSSR count). The smallest absolute Gasteiger partial charge is 0.253 e. The van der Waals surface area contributed by atoms with Gasteiger partial charge in [-0.25, -0.2) is 0 Å². The Morgan fingerprint density at radius 3 is 2.48 bits per heavy atom. The Hall–Kier alpha value is -3.34. The van der Waals surface area contributed by atoms with Crippen LogP contribution in [0.2, 0.25) is 0 Å². The first kappa shape index (κ1) is 16.5. The Bertz CT molecular complexity index is 833. The van der Waals surface area contributed by atoms with Gasteiger partial charge >= 0.3 is 0 Å². The second-order valence-electron chi connectivity index (χ2n) is 5.48. The summed E-state index contributed by atoms with van der Waals surface area (Å²) in [6, 6.07) is 19.1. The van der Waals surface area contributed by atoms with E-state index in [1.807, 2.05) is 54.6 Å². The molecule has 0 saturated carbocycles. The van der Waals surface area contributed by atoms with Gasteiger partial charge in [0.15, 0.2) is 0 Å². The number of aromatic nitrogens is 1. The maximum absolute atomic E-state index is 12.3. The predicted octanol–water partition coefficient (Wildman–Crippen LogP) is 3.76. The van der Waals surface area contributed by atoms with Gasteiger partial charge in [0.05, 0.1) is 24.6 Å². The van der Waals surface area contributed by atoms with Gasteiger partial charge in [-0.2, -0.15) is 0 Å². The topological polar surface area (TPSA) is 63.2 Å². The summed E-state index contributed by atoms with van der Waals surface area (Å²) < 4.78 is 5.12. The van der Waals surface area contributed by atoms with E-state index in [0.717, 1.165) is 22.7 Å². The number of nitrogens with one attached hydrogen (secondary N) is 2. The third-order valence-electron chi connectivity index (χ3n) is 3.68. The number of pyridine rings is 1. The molecule has 0 spiro atoms. The summed E-state index contributed by atoms with van der Waals surface area (Å²) in [4.78, 5) is 16.5. The SMILES string of the molecule is COc1ccc(CNC(=O)c2cncc(Nc3ccccc3)c2)cc1. The highest BCUT2D eigenvalue weighted by atomic mass is 16.5. The third-order valence-corrected chi connectivity index (χ3v) is 3.68. The van der Waals surface area contributed by atoms with Crippen molar-refractivity contribution in [2.24, 2.45) is 0 Å². The first-order chi connectivity index (χ1) is 12.2. The van der Waals surface area contributed by atoms with Crippen LogP contribution in [0.25, 0.3) is 0 Å². The number of hydrogen-bond donors (Lipinski definition) is 2. The van der Waals surface area contributed by atoms with Crippen LogP contribution in [0.1, 0.15) is 15.9 Å². The molecule has 0 saturated heterocycles. The predicted molar refractivity (Wildman–Crippen MR) is 98.1 cm³/mol. The summed E-state index contributed by atoms with van der Waals surface area (Å²) in [7, 11) is 1.63. The number of rotatable bonds is 6. The first-order valence-electron chi connectivity index (χ1n) is 7.93. The lowest BCUT2D eigenvalue weighted by atomic mass is 10.2. The summed E-state index contributed by atoms with van der Waals surface area (Å²) in [5, 5.41) is 6.13. The van der Waals surface area contributed by atoms with Crippen molar-refractivity contribution < 1.29 is 9.53 Å². The standard InChI is InChI=1S/C20H19N3O2/c1-25-19-9-7-15(8-10-19)12-22-20(24)16-11-18(14-21-13-16)23-17-5-3-2-4-6-17/h2-11,13-14,23H,12H2,1H3,(H,22,24). The summed E-state index contributed by atoms with van der Waals surface area (Å²) in [6.07, 6.45) is 3.24. The van der Waals surface area contributed by atoms with Crippen molar-refractivity contribution in [2.45, 2.75) is 6.54 Å².